The normalized spacial score (nSPS) is 10.9. The third kappa shape index (κ3) is 3.74. The van der Waals surface area contributed by atoms with Crippen LogP contribution in [0.25, 0.3) is 10.6 Å². The van der Waals surface area contributed by atoms with Crippen LogP contribution in [0.15, 0.2) is 48.1 Å². The maximum atomic E-state index is 13.9. The van der Waals surface area contributed by atoms with Gasteiger partial charge in [-0.05, 0) is 29.6 Å². The Balaban J connectivity index is 1.45. The third-order valence-corrected chi connectivity index (χ3v) is 5.00. The third-order valence-electron chi connectivity index (χ3n) is 3.74. The highest BCUT2D eigenvalue weighted by molar-refractivity contribution is 7.13. The van der Waals surface area contributed by atoms with Crippen molar-refractivity contribution in [2.45, 2.75) is 6.54 Å². The predicted octanol–water partition coefficient (Wildman–Crippen LogP) is 3.82. The number of hydrogen-bond acceptors (Lipinski definition) is 5. The topological polar surface area (TPSA) is 88.5 Å². The lowest BCUT2D eigenvalue weighted by molar-refractivity contribution is 0.102. The lowest BCUT2D eigenvalue weighted by atomic mass is 10.2. The first kappa shape index (κ1) is 17.4. The van der Waals surface area contributed by atoms with E-state index in [-0.39, 0.29) is 18.2 Å². The Bertz CT molecular complexity index is 1070. The molecule has 0 atom stereocenters. The summed E-state index contributed by atoms with van der Waals surface area (Å²) in [4.78, 5) is 17.3. The molecule has 4 rings (SSSR count). The minimum atomic E-state index is -0.448. The van der Waals surface area contributed by atoms with Gasteiger partial charge in [0.05, 0.1) is 17.1 Å². The van der Waals surface area contributed by atoms with Crippen molar-refractivity contribution in [1.82, 2.24) is 25.0 Å². The van der Waals surface area contributed by atoms with E-state index in [1.54, 1.807) is 12.1 Å². The molecule has 10 heteroatoms. The number of aromatic amines is 1. The molecular formula is C17H12ClFN6OS. The molecular weight excluding hydrogens is 391 g/mol. The van der Waals surface area contributed by atoms with Gasteiger partial charge in [-0.2, -0.15) is 5.10 Å². The second-order valence-corrected chi connectivity index (χ2v) is 6.92. The summed E-state index contributed by atoms with van der Waals surface area (Å²) in [5, 5.41) is 15.8. The van der Waals surface area contributed by atoms with E-state index in [0.29, 0.717) is 10.6 Å². The van der Waals surface area contributed by atoms with Gasteiger partial charge in [0.15, 0.2) is 5.69 Å². The summed E-state index contributed by atoms with van der Waals surface area (Å²) in [6.07, 6.45) is 1.39. The highest BCUT2D eigenvalue weighted by atomic mass is 35.5. The molecule has 7 nitrogen and oxygen atoms in total. The number of thiophene rings is 1. The average Bonchev–Trinajstić information content (AvgIpc) is 3.38. The number of carbonyl (C=O) groups excluding carboxylic acids is 1. The average molecular weight is 403 g/mol. The highest BCUT2D eigenvalue weighted by Gasteiger charge is 2.15. The fourth-order valence-corrected chi connectivity index (χ4v) is 3.35. The smallest absolute Gasteiger partial charge is 0.278 e. The first-order valence-corrected chi connectivity index (χ1v) is 9.09. The number of amides is 1. The largest absolute Gasteiger partial charge is 0.288 e. The molecule has 0 radical (unpaired) electrons. The quantitative estimate of drug-likeness (QED) is 0.531. The molecule has 136 valence electrons. The zero-order valence-corrected chi connectivity index (χ0v) is 15.3. The first-order valence-electron chi connectivity index (χ1n) is 7.83. The van der Waals surface area contributed by atoms with E-state index in [4.69, 9.17) is 11.6 Å². The van der Waals surface area contributed by atoms with E-state index in [2.05, 4.69) is 25.6 Å². The van der Waals surface area contributed by atoms with Gasteiger partial charge in [0.25, 0.3) is 5.91 Å². The van der Waals surface area contributed by atoms with Crippen LogP contribution in [0.3, 0.4) is 0 Å². The van der Waals surface area contributed by atoms with Crippen molar-refractivity contribution in [3.63, 3.8) is 0 Å². The van der Waals surface area contributed by atoms with Crippen LogP contribution >= 0.6 is 22.9 Å². The lowest BCUT2D eigenvalue weighted by Crippen LogP contribution is -2.14. The minimum Gasteiger partial charge on any atom is -0.288 e. The van der Waals surface area contributed by atoms with Crippen molar-refractivity contribution in [3.8, 4) is 10.6 Å². The Hall–Kier alpha value is -3.04. The van der Waals surface area contributed by atoms with Crippen molar-refractivity contribution in [2.24, 2.45) is 0 Å². The summed E-state index contributed by atoms with van der Waals surface area (Å²) in [6.45, 7) is 0.0965. The van der Waals surface area contributed by atoms with Gasteiger partial charge in [-0.1, -0.05) is 23.7 Å². The Morgan fingerprint density at radius 1 is 1.33 bits per heavy atom. The maximum absolute atomic E-state index is 13.9. The summed E-state index contributed by atoms with van der Waals surface area (Å²) in [5.74, 6) is -0.787. The number of hydrogen-bond donors (Lipinski definition) is 2. The van der Waals surface area contributed by atoms with Crippen LogP contribution in [-0.2, 0) is 6.54 Å². The van der Waals surface area contributed by atoms with E-state index < -0.39 is 11.7 Å². The molecule has 0 spiro atoms. The van der Waals surface area contributed by atoms with Gasteiger partial charge in [-0.15, -0.1) is 16.4 Å². The molecule has 0 fully saturated rings. The summed E-state index contributed by atoms with van der Waals surface area (Å²) < 4.78 is 15.3. The Labute approximate surface area is 161 Å². The molecule has 1 aromatic carbocycles. The van der Waals surface area contributed by atoms with Crippen molar-refractivity contribution in [3.05, 3.63) is 70.2 Å². The molecule has 2 N–H and O–H groups in total. The van der Waals surface area contributed by atoms with E-state index in [1.807, 2.05) is 17.5 Å². The van der Waals surface area contributed by atoms with Gasteiger partial charge in [0.2, 0.25) is 5.95 Å². The minimum absolute atomic E-state index is 0.0909. The summed E-state index contributed by atoms with van der Waals surface area (Å²) in [7, 11) is 0. The van der Waals surface area contributed by atoms with Crippen LogP contribution in [0.1, 0.15) is 16.1 Å². The van der Waals surface area contributed by atoms with E-state index in [9.17, 15) is 9.18 Å². The highest BCUT2D eigenvalue weighted by Crippen LogP contribution is 2.23. The molecule has 3 aromatic heterocycles. The van der Waals surface area contributed by atoms with Crippen LogP contribution in [0.4, 0.5) is 10.3 Å². The molecule has 4 aromatic rings. The number of carbonyl (C=O) groups is 1. The number of benzene rings is 1. The second-order valence-electron chi connectivity index (χ2n) is 5.56. The number of halogens is 2. The van der Waals surface area contributed by atoms with E-state index >= 15 is 0 Å². The molecule has 27 heavy (non-hydrogen) atoms. The first-order chi connectivity index (χ1) is 13.1. The van der Waals surface area contributed by atoms with Gasteiger partial charge >= 0.3 is 0 Å². The Kier molecular flexibility index (Phi) is 4.69. The monoisotopic (exact) mass is 402 g/mol. The van der Waals surface area contributed by atoms with Crippen LogP contribution in [-0.4, -0.2) is 30.9 Å². The van der Waals surface area contributed by atoms with Gasteiger partial charge in [0, 0.05) is 10.6 Å². The zero-order valence-electron chi connectivity index (χ0n) is 13.7. The maximum Gasteiger partial charge on any atom is 0.278 e. The Morgan fingerprint density at radius 2 is 2.22 bits per heavy atom. The molecule has 0 aliphatic heterocycles. The number of nitrogens with zero attached hydrogens (tertiary/aromatic N) is 4. The molecule has 3 heterocycles. The van der Waals surface area contributed by atoms with Gasteiger partial charge < -0.3 is 0 Å². The van der Waals surface area contributed by atoms with E-state index in [0.717, 1.165) is 10.6 Å². The molecule has 0 bridgehead atoms. The molecule has 0 aliphatic carbocycles. The zero-order chi connectivity index (χ0) is 18.8. The van der Waals surface area contributed by atoms with Crippen molar-refractivity contribution in [1.29, 1.82) is 0 Å². The SMILES string of the molecule is O=C(Nc1ncn(Cc2c(F)cccc2Cl)n1)c1cc(-c2cccs2)[nH]n1. The number of rotatable bonds is 5. The molecule has 0 saturated carbocycles. The van der Waals surface area contributed by atoms with Crippen LogP contribution in [0.5, 0.6) is 0 Å². The van der Waals surface area contributed by atoms with Crippen LogP contribution in [0.2, 0.25) is 5.02 Å². The number of H-pyrrole nitrogens is 1. The number of aromatic nitrogens is 5. The summed E-state index contributed by atoms with van der Waals surface area (Å²) in [6, 6.07) is 9.95. The Morgan fingerprint density at radius 3 is 3.00 bits per heavy atom. The lowest BCUT2D eigenvalue weighted by Gasteiger charge is -2.05. The number of nitrogens with one attached hydrogen (secondary N) is 2. The van der Waals surface area contributed by atoms with Gasteiger partial charge in [-0.3, -0.25) is 15.2 Å². The molecule has 1 amide bonds. The van der Waals surface area contributed by atoms with Gasteiger partial charge in [-0.25, -0.2) is 14.1 Å². The number of anilines is 1. The molecule has 0 saturated heterocycles. The molecule has 0 unspecified atom stereocenters. The fraction of sp³-hybridized carbons (Fsp3) is 0.0588. The van der Waals surface area contributed by atoms with Crippen LogP contribution in [0, 0.1) is 5.82 Å². The van der Waals surface area contributed by atoms with Crippen molar-refractivity contribution in [2.75, 3.05) is 5.32 Å². The van der Waals surface area contributed by atoms with Crippen molar-refractivity contribution >= 4 is 34.8 Å². The summed E-state index contributed by atoms with van der Waals surface area (Å²) >= 11 is 7.55. The van der Waals surface area contributed by atoms with E-state index in [1.165, 1.54) is 34.5 Å². The predicted molar refractivity (Wildman–Crippen MR) is 100 cm³/mol. The van der Waals surface area contributed by atoms with Gasteiger partial charge in [0.1, 0.15) is 12.1 Å². The second kappa shape index (κ2) is 7.29. The fourth-order valence-electron chi connectivity index (χ4n) is 2.44. The standard InChI is InChI=1S/C17H12ClFN6OS/c18-11-3-1-4-12(19)10(11)8-25-9-20-17(24-25)21-16(26)14-7-13(22-23-14)15-5-2-6-27-15/h1-7,9H,8H2,(H,22,23)(H,21,24,26). The molecule has 0 aliphatic rings. The summed E-state index contributed by atoms with van der Waals surface area (Å²) in [5.41, 5.74) is 1.27. The van der Waals surface area contributed by atoms with Crippen LogP contribution < -0.4 is 5.32 Å². The van der Waals surface area contributed by atoms with Crippen molar-refractivity contribution < 1.29 is 9.18 Å².